The molecule has 7 heteroatoms. The molecule has 2 atom stereocenters. The predicted octanol–water partition coefficient (Wildman–Crippen LogP) is 5.43. The van der Waals surface area contributed by atoms with E-state index in [2.05, 4.69) is 16.0 Å². The molecule has 4 rings (SSSR count). The van der Waals surface area contributed by atoms with Crippen LogP contribution in [0.15, 0.2) is 78.9 Å². The van der Waals surface area contributed by atoms with E-state index in [1.807, 2.05) is 61.5 Å². The number of hydrogen-bond acceptors (Lipinski definition) is 3. The first kappa shape index (κ1) is 24.5. The lowest BCUT2D eigenvalue weighted by atomic mass is 10.0. The van der Waals surface area contributed by atoms with Crippen LogP contribution < -0.4 is 16.0 Å². The van der Waals surface area contributed by atoms with Crippen molar-refractivity contribution in [1.82, 2.24) is 10.6 Å². The van der Waals surface area contributed by atoms with E-state index >= 15 is 0 Å². The summed E-state index contributed by atoms with van der Waals surface area (Å²) >= 11 is 6.19. The highest BCUT2D eigenvalue weighted by Gasteiger charge is 2.29. The van der Waals surface area contributed by atoms with Crippen molar-refractivity contribution in [2.24, 2.45) is 5.92 Å². The van der Waals surface area contributed by atoms with E-state index in [0.29, 0.717) is 10.6 Å². The smallest absolute Gasteiger partial charge is 0.253 e. The van der Waals surface area contributed by atoms with Gasteiger partial charge < -0.3 is 16.0 Å². The number of nitrogens with one attached hydrogen (secondary N) is 3. The molecule has 1 aliphatic carbocycles. The van der Waals surface area contributed by atoms with Gasteiger partial charge in [-0.15, -0.1) is 0 Å². The molecule has 180 valence electrons. The first-order chi connectivity index (χ1) is 16.9. The lowest BCUT2D eigenvalue weighted by Gasteiger charge is -2.21. The summed E-state index contributed by atoms with van der Waals surface area (Å²) in [5.41, 5.74) is 2.85. The average Bonchev–Trinajstić information content (AvgIpc) is 3.70. The maximum atomic E-state index is 12.9. The molecule has 3 amide bonds. The standard InChI is InChI=1S/C28H28ClN3O3/c1-18(19-13-15-22(16-14-19)31-27(34)21-11-12-21)30-26(33)17-25(20-7-3-2-4-8-20)32-28(35)23-9-5-6-10-24(23)29/h2-10,13-16,18,21,25H,11-12,17H2,1H3,(H,30,33)(H,31,34)(H,32,35). The number of hydrogen-bond donors (Lipinski definition) is 3. The largest absolute Gasteiger partial charge is 0.350 e. The maximum absolute atomic E-state index is 12.9. The second-order valence-electron chi connectivity index (χ2n) is 8.80. The number of carbonyl (C=O) groups excluding carboxylic acids is 3. The SMILES string of the molecule is CC(NC(=O)CC(NC(=O)c1ccccc1Cl)c1ccccc1)c1ccc(NC(=O)C2CC2)cc1. The number of rotatable bonds is 9. The predicted molar refractivity (Wildman–Crippen MR) is 137 cm³/mol. The zero-order valence-electron chi connectivity index (χ0n) is 19.5. The van der Waals surface area contributed by atoms with Crippen molar-refractivity contribution in [2.75, 3.05) is 5.32 Å². The zero-order valence-corrected chi connectivity index (χ0v) is 20.2. The zero-order chi connectivity index (χ0) is 24.8. The number of benzene rings is 3. The van der Waals surface area contributed by atoms with Crippen molar-refractivity contribution in [3.63, 3.8) is 0 Å². The second kappa shape index (κ2) is 11.2. The Kier molecular flexibility index (Phi) is 7.83. The van der Waals surface area contributed by atoms with Gasteiger partial charge in [-0.1, -0.05) is 66.2 Å². The molecule has 0 aromatic heterocycles. The summed E-state index contributed by atoms with van der Waals surface area (Å²) in [5, 5.41) is 9.22. The van der Waals surface area contributed by atoms with Crippen LogP contribution in [0.4, 0.5) is 5.69 Å². The number of anilines is 1. The Hall–Kier alpha value is -3.64. The van der Waals surface area contributed by atoms with Crippen LogP contribution >= 0.6 is 11.6 Å². The molecular weight excluding hydrogens is 462 g/mol. The van der Waals surface area contributed by atoms with Crippen molar-refractivity contribution in [3.05, 3.63) is 101 Å². The average molecular weight is 490 g/mol. The Morgan fingerprint density at radius 1 is 0.857 bits per heavy atom. The van der Waals surface area contributed by atoms with Crippen LogP contribution in [0.5, 0.6) is 0 Å². The van der Waals surface area contributed by atoms with Gasteiger partial charge in [-0.3, -0.25) is 14.4 Å². The first-order valence-corrected chi connectivity index (χ1v) is 12.1. The summed E-state index contributed by atoms with van der Waals surface area (Å²) in [5.74, 6) is -0.334. The quantitative estimate of drug-likeness (QED) is 0.374. The van der Waals surface area contributed by atoms with E-state index < -0.39 is 6.04 Å². The van der Waals surface area contributed by atoms with Gasteiger partial charge >= 0.3 is 0 Å². The Balaban J connectivity index is 1.39. The van der Waals surface area contributed by atoms with Crippen LogP contribution in [0.25, 0.3) is 0 Å². The Labute approximate surface area is 210 Å². The minimum Gasteiger partial charge on any atom is -0.350 e. The molecule has 0 bridgehead atoms. The fourth-order valence-electron chi connectivity index (χ4n) is 3.83. The lowest BCUT2D eigenvalue weighted by Crippen LogP contribution is -2.34. The highest BCUT2D eigenvalue weighted by atomic mass is 35.5. The summed E-state index contributed by atoms with van der Waals surface area (Å²) in [6, 6.07) is 22.9. The number of carbonyl (C=O) groups is 3. The first-order valence-electron chi connectivity index (χ1n) is 11.7. The van der Waals surface area contributed by atoms with Crippen molar-refractivity contribution in [1.29, 1.82) is 0 Å². The molecule has 2 unspecified atom stereocenters. The minimum atomic E-state index is -0.521. The molecule has 3 aromatic rings. The maximum Gasteiger partial charge on any atom is 0.253 e. The Bertz CT molecular complexity index is 1190. The third-order valence-corrected chi connectivity index (χ3v) is 6.35. The van der Waals surface area contributed by atoms with Crippen LogP contribution in [-0.4, -0.2) is 17.7 Å². The highest BCUT2D eigenvalue weighted by Crippen LogP contribution is 2.30. The van der Waals surface area contributed by atoms with Crippen molar-refractivity contribution in [2.45, 2.75) is 38.3 Å². The van der Waals surface area contributed by atoms with Crippen LogP contribution in [0.2, 0.25) is 5.02 Å². The molecule has 6 nitrogen and oxygen atoms in total. The van der Waals surface area contributed by atoms with Gasteiger partial charge in [0.1, 0.15) is 0 Å². The summed E-state index contributed by atoms with van der Waals surface area (Å²) in [6.07, 6.45) is 1.98. The molecule has 3 aromatic carbocycles. The summed E-state index contributed by atoms with van der Waals surface area (Å²) < 4.78 is 0. The van der Waals surface area contributed by atoms with E-state index in [1.165, 1.54) is 0 Å². The number of amides is 3. The normalized spacial score (nSPS) is 14.5. The van der Waals surface area contributed by atoms with E-state index in [1.54, 1.807) is 24.3 Å². The van der Waals surface area contributed by atoms with Crippen LogP contribution in [0.1, 0.15) is 59.8 Å². The summed E-state index contributed by atoms with van der Waals surface area (Å²) in [7, 11) is 0. The Morgan fingerprint density at radius 2 is 1.51 bits per heavy atom. The molecular formula is C28H28ClN3O3. The Morgan fingerprint density at radius 3 is 2.17 bits per heavy atom. The van der Waals surface area contributed by atoms with Gasteiger partial charge in [-0.05, 0) is 55.2 Å². The lowest BCUT2D eigenvalue weighted by molar-refractivity contribution is -0.122. The van der Waals surface area contributed by atoms with Crippen LogP contribution in [0, 0.1) is 5.92 Å². The monoisotopic (exact) mass is 489 g/mol. The molecule has 3 N–H and O–H groups in total. The van der Waals surface area contributed by atoms with Gasteiger partial charge in [0.15, 0.2) is 0 Å². The molecule has 1 aliphatic rings. The highest BCUT2D eigenvalue weighted by molar-refractivity contribution is 6.33. The summed E-state index contributed by atoms with van der Waals surface area (Å²) in [4.78, 5) is 37.8. The molecule has 1 fully saturated rings. The molecule has 0 heterocycles. The van der Waals surface area contributed by atoms with Gasteiger partial charge in [0.05, 0.1) is 29.1 Å². The molecule has 1 saturated carbocycles. The summed E-state index contributed by atoms with van der Waals surface area (Å²) in [6.45, 7) is 1.90. The minimum absolute atomic E-state index is 0.0601. The topological polar surface area (TPSA) is 87.3 Å². The van der Waals surface area contributed by atoms with Crippen molar-refractivity contribution < 1.29 is 14.4 Å². The van der Waals surface area contributed by atoms with E-state index in [0.717, 1.165) is 29.7 Å². The molecule has 0 aliphatic heterocycles. The van der Waals surface area contributed by atoms with Gasteiger partial charge in [0.2, 0.25) is 11.8 Å². The molecule has 0 saturated heterocycles. The van der Waals surface area contributed by atoms with Crippen LogP contribution in [0.3, 0.4) is 0 Å². The van der Waals surface area contributed by atoms with Gasteiger partial charge in [0.25, 0.3) is 5.91 Å². The van der Waals surface area contributed by atoms with Crippen LogP contribution in [-0.2, 0) is 9.59 Å². The van der Waals surface area contributed by atoms with E-state index in [9.17, 15) is 14.4 Å². The fourth-order valence-corrected chi connectivity index (χ4v) is 4.05. The van der Waals surface area contributed by atoms with Crippen molar-refractivity contribution >= 4 is 35.0 Å². The van der Waals surface area contributed by atoms with Gasteiger partial charge in [-0.25, -0.2) is 0 Å². The molecule has 35 heavy (non-hydrogen) atoms. The third kappa shape index (κ3) is 6.70. The van der Waals surface area contributed by atoms with E-state index in [-0.39, 0.29) is 36.1 Å². The van der Waals surface area contributed by atoms with Crippen molar-refractivity contribution in [3.8, 4) is 0 Å². The van der Waals surface area contributed by atoms with E-state index in [4.69, 9.17) is 11.6 Å². The molecule has 0 radical (unpaired) electrons. The fraction of sp³-hybridized carbons (Fsp3) is 0.250. The van der Waals surface area contributed by atoms with Gasteiger partial charge in [-0.2, -0.15) is 0 Å². The second-order valence-corrected chi connectivity index (χ2v) is 9.20. The molecule has 0 spiro atoms. The number of halogens is 1. The third-order valence-electron chi connectivity index (χ3n) is 6.02. The van der Waals surface area contributed by atoms with Gasteiger partial charge in [0, 0.05) is 11.6 Å².